The minimum Gasteiger partial charge on any atom is -0.480 e. The topological polar surface area (TPSA) is 112 Å². The summed E-state index contributed by atoms with van der Waals surface area (Å²) >= 11 is 0. The Balaban J connectivity index is 0.000000241. The van der Waals surface area contributed by atoms with Crippen molar-refractivity contribution in [2.45, 2.75) is 73.0 Å². The summed E-state index contributed by atoms with van der Waals surface area (Å²) in [7, 11) is 2.05. The van der Waals surface area contributed by atoms with Gasteiger partial charge in [-0.1, -0.05) is 18.2 Å². The van der Waals surface area contributed by atoms with Crippen LogP contribution in [0.4, 0.5) is 21.9 Å². The fourth-order valence-electron chi connectivity index (χ4n) is 5.04. The highest BCUT2D eigenvalue weighted by Crippen LogP contribution is 2.35. The van der Waals surface area contributed by atoms with E-state index in [9.17, 15) is 9.59 Å². The maximum Gasteiger partial charge on any atom is 0.412 e. The van der Waals surface area contributed by atoms with Gasteiger partial charge in [-0.3, -0.25) is 10.1 Å². The molecule has 9 heteroatoms. The highest BCUT2D eigenvalue weighted by molar-refractivity contribution is 5.93. The number of benzene rings is 3. The number of para-hydroxylation sites is 1. The fraction of sp³-hybridized carbons (Fsp3) is 0.429. The Kier molecular flexibility index (Phi) is 12.0. The van der Waals surface area contributed by atoms with Crippen molar-refractivity contribution in [2.24, 2.45) is 0 Å². The maximum atomic E-state index is 12.1. The van der Waals surface area contributed by atoms with Gasteiger partial charge in [-0.25, -0.2) is 4.79 Å². The lowest BCUT2D eigenvalue weighted by molar-refractivity contribution is -0.134. The Morgan fingerprint density at radius 1 is 0.841 bits per heavy atom. The van der Waals surface area contributed by atoms with E-state index < -0.39 is 17.7 Å². The third-order valence-corrected chi connectivity index (χ3v) is 7.81. The second-order valence-electron chi connectivity index (χ2n) is 12.1. The van der Waals surface area contributed by atoms with Crippen molar-refractivity contribution in [3.8, 4) is 11.5 Å². The molecule has 0 radical (unpaired) electrons. The molecule has 1 heterocycles. The molecule has 0 unspecified atom stereocenters. The number of amides is 1. The summed E-state index contributed by atoms with van der Waals surface area (Å²) in [5.74, 6) is 0.790. The highest BCUT2D eigenvalue weighted by atomic mass is 16.6. The SMILES string of the molecule is CNC1CCN(c2ccc(Oc3ccccc3)cc2)CC1.Cc1c(C)c(C)c(NC(=O)OC(C)(C)C)c(NCC(=O)O)c1C. The van der Waals surface area contributed by atoms with E-state index in [2.05, 4.69) is 40.0 Å². The Bertz CT molecular complexity index is 1390. The molecule has 44 heavy (non-hydrogen) atoms. The fourth-order valence-corrected chi connectivity index (χ4v) is 5.04. The van der Waals surface area contributed by atoms with Gasteiger partial charge in [-0.05, 0) is 127 Å². The second kappa shape index (κ2) is 15.5. The van der Waals surface area contributed by atoms with E-state index in [1.54, 1.807) is 20.8 Å². The van der Waals surface area contributed by atoms with Crippen LogP contribution in [-0.4, -0.2) is 55.5 Å². The third-order valence-electron chi connectivity index (χ3n) is 7.81. The van der Waals surface area contributed by atoms with Gasteiger partial charge in [0.1, 0.15) is 23.6 Å². The van der Waals surface area contributed by atoms with Gasteiger partial charge in [0.2, 0.25) is 0 Å². The summed E-state index contributed by atoms with van der Waals surface area (Å²) in [5, 5.41) is 17.9. The van der Waals surface area contributed by atoms with E-state index in [0.29, 0.717) is 17.4 Å². The number of hydrogen-bond donors (Lipinski definition) is 4. The molecule has 4 N–H and O–H groups in total. The first kappa shape index (κ1) is 34.3. The van der Waals surface area contributed by atoms with Crippen molar-refractivity contribution in [2.75, 3.05) is 42.2 Å². The van der Waals surface area contributed by atoms with Gasteiger partial charge in [-0.2, -0.15) is 0 Å². The molecule has 9 nitrogen and oxygen atoms in total. The zero-order valence-electron chi connectivity index (χ0n) is 27.3. The monoisotopic (exact) mass is 604 g/mol. The lowest BCUT2D eigenvalue weighted by Gasteiger charge is -2.33. The van der Waals surface area contributed by atoms with Crippen LogP contribution in [0.3, 0.4) is 0 Å². The summed E-state index contributed by atoms with van der Waals surface area (Å²) in [4.78, 5) is 25.4. The predicted octanol–water partition coefficient (Wildman–Crippen LogP) is 7.43. The van der Waals surface area contributed by atoms with Gasteiger partial charge in [-0.15, -0.1) is 0 Å². The molecule has 1 aliphatic heterocycles. The van der Waals surface area contributed by atoms with Crippen LogP contribution >= 0.6 is 0 Å². The minimum atomic E-state index is -0.969. The van der Waals surface area contributed by atoms with E-state index >= 15 is 0 Å². The Labute approximate surface area is 262 Å². The third kappa shape index (κ3) is 9.91. The molecule has 1 amide bonds. The number of ether oxygens (including phenoxy) is 2. The van der Waals surface area contributed by atoms with Crippen molar-refractivity contribution in [1.29, 1.82) is 0 Å². The van der Waals surface area contributed by atoms with Gasteiger partial charge >= 0.3 is 12.1 Å². The number of anilines is 3. The summed E-state index contributed by atoms with van der Waals surface area (Å²) in [6.45, 7) is 15.1. The smallest absolute Gasteiger partial charge is 0.412 e. The van der Waals surface area contributed by atoms with E-state index in [-0.39, 0.29) is 6.54 Å². The number of rotatable bonds is 8. The zero-order valence-corrected chi connectivity index (χ0v) is 27.3. The summed E-state index contributed by atoms with van der Waals surface area (Å²) in [6.07, 6.45) is 1.85. The molecule has 238 valence electrons. The summed E-state index contributed by atoms with van der Waals surface area (Å²) < 4.78 is 11.1. The van der Waals surface area contributed by atoms with E-state index in [0.717, 1.165) is 46.8 Å². The summed E-state index contributed by atoms with van der Waals surface area (Å²) in [5.41, 5.74) is 5.73. The molecule has 0 spiro atoms. The van der Waals surface area contributed by atoms with Crippen molar-refractivity contribution in [3.63, 3.8) is 0 Å². The lowest BCUT2D eigenvalue weighted by Crippen LogP contribution is -2.41. The first-order chi connectivity index (χ1) is 20.8. The number of nitrogens with one attached hydrogen (secondary N) is 3. The molecule has 0 aromatic heterocycles. The molecule has 1 fully saturated rings. The molecule has 3 aromatic carbocycles. The van der Waals surface area contributed by atoms with Crippen molar-refractivity contribution in [1.82, 2.24) is 5.32 Å². The van der Waals surface area contributed by atoms with Crippen molar-refractivity contribution < 1.29 is 24.2 Å². The molecule has 0 bridgehead atoms. The van der Waals surface area contributed by atoms with Crippen LogP contribution in [0.1, 0.15) is 55.9 Å². The van der Waals surface area contributed by atoms with E-state index in [1.165, 1.54) is 18.5 Å². The van der Waals surface area contributed by atoms with E-state index in [4.69, 9.17) is 14.6 Å². The second-order valence-corrected chi connectivity index (χ2v) is 12.1. The van der Waals surface area contributed by atoms with Crippen LogP contribution < -0.4 is 25.6 Å². The standard InChI is InChI=1S/C18H22N2O.C17H26N2O4/c1-19-15-11-13-20(14-12-15)16-7-9-18(10-8-16)21-17-5-3-2-4-6-17;1-9-10(2)12(4)15(19-16(22)23-17(5,6)7)14(11(9)3)18-8-13(20)21/h2-10,15,19H,11-14H2,1H3;18H,8H2,1-7H3,(H,19,22)(H,20,21). The largest absolute Gasteiger partial charge is 0.480 e. The van der Waals surface area contributed by atoms with Crippen LogP contribution in [0.15, 0.2) is 54.6 Å². The number of nitrogens with zero attached hydrogens (tertiary/aromatic N) is 1. The first-order valence-electron chi connectivity index (χ1n) is 15.1. The summed E-state index contributed by atoms with van der Waals surface area (Å²) in [6, 6.07) is 19.0. The van der Waals surface area contributed by atoms with Gasteiger partial charge in [0.05, 0.1) is 11.4 Å². The molecule has 1 aliphatic rings. The molecule has 0 saturated carbocycles. The van der Waals surface area contributed by atoms with Crippen LogP contribution in [0, 0.1) is 27.7 Å². The van der Waals surface area contributed by atoms with Gasteiger partial charge in [0.25, 0.3) is 0 Å². The zero-order chi connectivity index (χ0) is 32.4. The van der Waals surface area contributed by atoms with Gasteiger partial charge in [0.15, 0.2) is 0 Å². The lowest BCUT2D eigenvalue weighted by atomic mass is 9.95. The Morgan fingerprint density at radius 3 is 1.91 bits per heavy atom. The Hall–Kier alpha value is -4.24. The van der Waals surface area contributed by atoms with Crippen LogP contribution in [-0.2, 0) is 9.53 Å². The van der Waals surface area contributed by atoms with E-state index in [1.807, 2.05) is 70.2 Å². The molecule has 4 rings (SSSR count). The number of carboxylic acid groups (broad SMARTS) is 1. The first-order valence-corrected chi connectivity index (χ1v) is 15.1. The van der Waals surface area contributed by atoms with Crippen LogP contribution in [0.5, 0.6) is 11.5 Å². The van der Waals surface area contributed by atoms with Gasteiger partial charge < -0.3 is 30.1 Å². The highest BCUT2D eigenvalue weighted by Gasteiger charge is 2.21. The number of aliphatic carboxylic acids is 1. The average Bonchev–Trinajstić information content (AvgIpc) is 2.99. The molecular formula is C35H48N4O5. The minimum absolute atomic E-state index is 0.230. The molecule has 3 aromatic rings. The molecule has 1 saturated heterocycles. The van der Waals surface area contributed by atoms with Crippen LogP contribution in [0.2, 0.25) is 0 Å². The Morgan fingerprint density at radius 2 is 1.39 bits per heavy atom. The number of piperidine rings is 1. The van der Waals surface area contributed by atoms with Crippen LogP contribution in [0.25, 0.3) is 0 Å². The number of hydrogen-bond acceptors (Lipinski definition) is 7. The maximum absolute atomic E-state index is 12.1. The number of carboxylic acids is 1. The predicted molar refractivity (Wildman–Crippen MR) is 179 cm³/mol. The molecule has 0 aliphatic carbocycles. The molecular weight excluding hydrogens is 556 g/mol. The number of carbonyl (C=O) groups is 2. The average molecular weight is 605 g/mol. The quantitative estimate of drug-likeness (QED) is 0.210. The number of carbonyl (C=O) groups excluding carboxylic acids is 1. The van der Waals surface area contributed by atoms with Gasteiger partial charge in [0, 0.05) is 24.8 Å². The normalized spacial score (nSPS) is 13.4. The van der Waals surface area contributed by atoms with Crippen molar-refractivity contribution in [3.05, 3.63) is 76.9 Å². The molecule has 0 atom stereocenters. The van der Waals surface area contributed by atoms with Crippen molar-refractivity contribution >= 4 is 29.1 Å².